The molecular weight excluding hydrogens is 256 g/mol. The van der Waals surface area contributed by atoms with Gasteiger partial charge >= 0.3 is 0 Å². The fourth-order valence-electron chi connectivity index (χ4n) is 2.78. The molecule has 1 atom stereocenters. The summed E-state index contributed by atoms with van der Waals surface area (Å²) >= 11 is 0. The summed E-state index contributed by atoms with van der Waals surface area (Å²) in [4.78, 5) is 2.58. The molecule has 1 unspecified atom stereocenters. The fraction of sp³-hybridized carbons (Fsp3) is 0.625. The molecule has 1 N–H and O–H groups in total. The quantitative estimate of drug-likeness (QED) is 0.892. The Labute approximate surface area is 124 Å². The first-order valence-corrected chi connectivity index (χ1v) is 7.15. The Hall–Kier alpha value is -0.570. The molecule has 3 heteroatoms. The third kappa shape index (κ3) is 4.79. The topological polar surface area (TPSA) is 15.3 Å². The Morgan fingerprint density at radius 3 is 2.53 bits per heavy atom. The number of nitrogens with zero attached hydrogens (tertiary/aromatic N) is 1. The van der Waals surface area contributed by atoms with Crippen LogP contribution in [0.1, 0.15) is 37.3 Å². The van der Waals surface area contributed by atoms with Crippen molar-refractivity contribution in [2.24, 2.45) is 5.92 Å². The lowest BCUT2D eigenvalue weighted by Crippen LogP contribution is -2.24. The summed E-state index contributed by atoms with van der Waals surface area (Å²) in [5.74, 6) is 1.47. The van der Waals surface area contributed by atoms with Crippen LogP contribution in [0.4, 0.5) is 0 Å². The van der Waals surface area contributed by atoms with E-state index in [1.807, 2.05) is 7.05 Å². The molecule has 1 aromatic rings. The average Bonchev–Trinajstić information content (AvgIpc) is 2.78. The van der Waals surface area contributed by atoms with Crippen LogP contribution in [-0.2, 0) is 6.54 Å². The third-order valence-electron chi connectivity index (χ3n) is 3.92. The monoisotopic (exact) mass is 282 g/mol. The number of likely N-dealkylation sites (tertiary alicyclic amines) is 1. The minimum absolute atomic E-state index is 0. The molecule has 1 aromatic carbocycles. The number of nitrogens with one attached hydrogen (secondary N) is 1. The minimum atomic E-state index is 0. The largest absolute Gasteiger partial charge is 0.319 e. The van der Waals surface area contributed by atoms with Crippen molar-refractivity contribution < 1.29 is 0 Å². The van der Waals surface area contributed by atoms with Gasteiger partial charge in [-0.05, 0) is 49.5 Å². The summed E-state index contributed by atoms with van der Waals surface area (Å²) in [6.45, 7) is 9.25. The maximum atomic E-state index is 3.29. The van der Waals surface area contributed by atoms with Gasteiger partial charge in [0.25, 0.3) is 0 Å². The highest BCUT2D eigenvalue weighted by atomic mass is 35.5. The van der Waals surface area contributed by atoms with Gasteiger partial charge in [-0.1, -0.05) is 38.1 Å². The average molecular weight is 283 g/mol. The van der Waals surface area contributed by atoms with Gasteiger partial charge in [-0.15, -0.1) is 12.4 Å². The lowest BCUT2D eigenvalue weighted by molar-refractivity contribution is 0.315. The predicted octanol–water partition coefficient (Wildman–Crippen LogP) is 3.27. The van der Waals surface area contributed by atoms with E-state index in [1.165, 1.54) is 30.6 Å². The second kappa shape index (κ2) is 7.88. The Morgan fingerprint density at radius 1 is 1.26 bits per heavy atom. The number of halogens is 1. The van der Waals surface area contributed by atoms with E-state index in [9.17, 15) is 0 Å². The molecule has 0 amide bonds. The number of benzene rings is 1. The van der Waals surface area contributed by atoms with E-state index in [1.54, 1.807) is 0 Å². The molecule has 1 fully saturated rings. The standard InChI is InChI=1S/C16H26N2.ClH/c1-13(2)16-6-4-14(5-7-16)11-18-9-8-15(12-18)10-17-3;/h4-7,13,15,17H,8-12H2,1-3H3;1H. The smallest absolute Gasteiger partial charge is 0.0233 e. The summed E-state index contributed by atoms with van der Waals surface area (Å²) in [6.07, 6.45) is 1.34. The molecule has 0 aliphatic carbocycles. The minimum Gasteiger partial charge on any atom is -0.319 e. The summed E-state index contributed by atoms with van der Waals surface area (Å²) in [5.41, 5.74) is 2.89. The van der Waals surface area contributed by atoms with E-state index in [0.717, 1.165) is 19.0 Å². The first kappa shape index (κ1) is 16.5. The Kier molecular flexibility index (Phi) is 6.84. The lowest BCUT2D eigenvalue weighted by Gasteiger charge is -2.16. The third-order valence-corrected chi connectivity index (χ3v) is 3.92. The number of hydrogen-bond donors (Lipinski definition) is 1. The van der Waals surface area contributed by atoms with Gasteiger partial charge in [0.1, 0.15) is 0 Å². The van der Waals surface area contributed by atoms with Crippen LogP contribution in [0.25, 0.3) is 0 Å². The molecule has 2 rings (SSSR count). The van der Waals surface area contributed by atoms with Crippen LogP contribution < -0.4 is 5.32 Å². The van der Waals surface area contributed by atoms with Crippen molar-refractivity contribution in [2.45, 2.75) is 32.7 Å². The maximum Gasteiger partial charge on any atom is 0.0233 e. The lowest BCUT2D eigenvalue weighted by atomic mass is 10.0. The Bertz CT molecular complexity index is 362. The van der Waals surface area contributed by atoms with Crippen molar-refractivity contribution in [1.29, 1.82) is 0 Å². The molecule has 0 aromatic heterocycles. The van der Waals surface area contributed by atoms with Crippen LogP contribution in [0, 0.1) is 5.92 Å². The summed E-state index contributed by atoms with van der Waals surface area (Å²) in [6, 6.07) is 9.14. The molecular formula is C16H27ClN2. The Morgan fingerprint density at radius 2 is 1.95 bits per heavy atom. The zero-order valence-corrected chi connectivity index (χ0v) is 13.2. The number of rotatable bonds is 5. The highest BCUT2D eigenvalue weighted by Gasteiger charge is 2.21. The van der Waals surface area contributed by atoms with E-state index in [-0.39, 0.29) is 12.4 Å². The van der Waals surface area contributed by atoms with Gasteiger partial charge in [0, 0.05) is 13.1 Å². The van der Waals surface area contributed by atoms with Crippen LogP contribution in [-0.4, -0.2) is 31.6 Å². The molecule has 0 radical (unpaired) electrons. The zero-order valence-electron chi connectivity index (χ0n) is 12.4. The van der Waals surface area contributed by atoms with Crippen molar-refractivity contribution in [3.63, 3.8) is 0 Å². The highest BCUT2D eigenvalue weighted by Crippen LogP contribution is 2.19. The summed E-state index contributed by atoms with van der Waals surface area (Å²) < 4.78 is 0. The van der Waals surface area contributed by atoms with Gasteiger partial charge in [-0.3, -0.25) is 4.90 Å². The molecule has 1 heterocycles. The van der Waals surface area contributed by atoms with Gasteiger partial charge in [-0.2, -0.15) is 0 Å². The van der Waals surface area contributed by atoms with Crippen LogP contribution >= 0.6 is 12.4 Å². The van der Waals surface area contributed by atoms with Gasteiger partial charge in [0.05, 0.1) is 0 Å². The second-order valence-electron chi connectivity index (χ2n) is 5.84. The molecule has 0 saturated carbocycles. The van der Waals surface area contributed by atoms with E-state index in [4.69, 9.17) is 0 Å². The van der Waals surface area contributed by atoms with E-state index < -0.39 is 0 Å². The van der Waals surface area contributed by atoms with Gasteiger partial charge < -0.3 is 5.32 Å². The molecule has 0 spiro atoms. The van der Waals surface area contributed by atoms with Crippen molar-refractivity contribution in [1.82, 2.24) is 10.2 Å². The van der Waals surface area contributed by atoms with Crippen molar-refractivity contribution in [3.8, 4) is 0 Å². The molecule has 19 heavy (non-hydrogen) atoms. The predicted molar refractivity (Wildman–Crippen MR) is 85.1 cm³/mol. The van der Waals surface area contributed by atoms with Crippen LogP contribution in [0.3, 0.4) is 0 Å². The SMILES string of the molecule is CNCC1CCN(Cc2ccc(C(C)C)cc2)C1.Cl. The van der Waals surface area contributed by atoms with Crippen molar-refractivity contribution >= 4 is 12.4 Å². The fourth-order valence-corrected chi connectivity index (χ4v) is 2.78. The van der Waals surface area contributed by atoms with E-state index in [0.29, 0.717) is 5.92 Å². The summed E-state index contributed by atoms with van der Waals surface area (Å²) in [5, 5.41) is 3.29. The zero-order chi connectivity index (χ0) is 13.0. The molecule has 0 bridgehead atoms. The highest BCUT2D eigenvalue weighted by molar-refractivity contribution is 5.85. The maximum absolute atomic E-state index is 3.29. The molecule has 1 aliphatic rings. The second-order valence-corrected chi connectivity index (χ2v) is 5.84. The first-order chi connectivity index (χ1) is 8.69. The first-order valence-electron chi connectivity index (χ1n) is 7.15. The van der Waals surface area contributed by atoms with E-state index in [2.05, 4.69) is 48.3 Å². The molecule has 108 valence electrons. The molecule has 1 saturated heterocycles. The molecule has 1 aliphatic heterocycles. The van der Waals surface area contributed by atoms with Crippen LogP contribution in [0.2, 0.25) is 0 Å². The van der Waals surface area contributed by atoms with Gasteiger partial charge in [0.2, 0.25) is 0 Å². The van der Waals surface area contributed by atoms with Crippen molar-refractivity contribution in [2.75, 3.05) is 26.7 Å². The summed E-state index contributed by atoms with van der Waals surface area (Å²) in [7, 11) is 2.05. The molecule has 2 nitrogen and oxygen atoms in total. The van der Waals surface area contributed by atoms with Crippen molar-refractivity contribution in [3.05, 3.63) is 35.4 Å². The van der Waals surface area contributed by atoms with Gasteiger partial charge in [-0.25, -0.2) is 0 Å². The van der Waals surface area contributed by atoms with Crippen LogP contribution in [0.15, 0.2) is 24.3 Å². The van der Waals surface area contributed by atoms with Gasteiger partial charge in [0.15, 0.2) is 0 Å². The normalized spacial score (nSPS) is 19.7. The van der Waals surface area contributed by atoms with Crippen LogP contribution in [0.5, 0.6) is 0 Å². The number of hydrogen-bond acceptors (Lipinski definition) is 2. The Balaban J connectivity index is 0.00000180. The van der Waals surface area contributed by atoms with E-state index >= 15 is 0 Å².